The van der Waals surface area contributed by atoms with Gasteiger partial charge in [-0.3, -0.25) is 0 Å². The molecule has 0 radical (unpaired) electrons. The van der Waals surface area contributed by atoms with Crippen molar-refractivity contribution < 1.29 is 4.39 Å². The highest BCUT2D eigenvalue weighted by molar-refractivity contribution is 5.31. The fourth-order valence-electron chi connectivity index (χ4n) is 1.92. The third kappa shape index (κ3) is 2.75. The van der Waals surface area contributed by atoms with E-state index >= 15 is 0 Å². The minimum absolute atomic E-state index is 0.245. The lowest BCUT2D eigenvalue weighted by Gasteiger charge is -2.10. The van der Waals surface area contributed by atoms with Gasteiger partial charge in [-0.25, -0.2) is 4.39 Å². The summed E-state index contributed by atoms with van der Waals surface area (Å²) in [6.45, 7) is 2.00. The molecule has 1 atom stereocenters. The minimum Gasteiger partial charge on any atom is -0.207 e. The maximum absolute atomic E-state index is 13.6. The van der Waals surface area contributed by atoms with Crippen molar-refractivity contribution in [1.29, 1.82) is 5.26 Å². The van der Waals surface area contributed by atoms with Crippen molar-refractivity contribution in [2.24, 2.45) is 0 Å². The summed E-state index contributed by atoms with van der Waals surface area (Å²) in [5.74, 6) is -0.549. The first-order valence-electron chi connectivity index (χ1n) is 5.90. The molecule has 0 bridgehead atoms. The van der Waals surface area contributed by atoms with Crippen LogP contribution >= 0.6 is 0 Å². The molecule has 0 aliphatic heterocycles. The van der Waals surface area contributed by atoms with Crippen LogP contribution in [0.15, 0.2) is 48.5 Å². The molecule has 2 rings (SSSR count). The molecule has 1 nitrogen and oxygen atoms in total. The van der Waals surface area contributed by atoms with Gasteiger partial charge >= 0.3 is 0 Å². The first-order chi connectivity index (χ1) is 8.70. The highest BCUT2D eigenvalue weighted by atomic mass is 19.1. The second-order valence-electron chi connectivity index (χ2n) is 4.39. The summed E-state index contributed by atoms with van der Waals surface area (Å²) in [6, 6.07) is 16.7. The molecule has 18 heavy (non-hydrogen) atoms. The van der Waals surface area contributed by atoms with Gasteiger partial charge in [-0.1, -0.05) is 48.0 Å². The van der Waals surface area contributed by atoms with Crippen LogP contribution in [-0.4, -0.2) is 0 Å². The van der Waals surface area contributed by atoms with Crippen molar-refractivity contribution in [2.75, 3.05) is 0 Å². The lowest BCUT2D eigenvalue weighted by atomic mass is 9.92. The second-order valence-corrected chi connectivity index (χ2v) is 4.39. The van der Waals surface area contributed by atoms with Crippen LogP contribution < -0.4 is 0 Å². The van der Waals surface area contributed by atoms with Crippen molar-refractivity contribution in [3.63, 3.8) is 0 Å². The maximum Gasteiger partial charge on any atom is 0.126 e. The average Bonchev–Trinajstić information content (AvgIpc) is 2.39. The van der Waals surface area contributed by atoms with Gasteiger partial charge in [0.1, 0.15) is 5.82 Å². The molecule has 2 aromatic rings. The minimum atomic E-state index is -0.303. The van der Waals surface area contributed by atoms with Crippen molar-refractivity contribution in [3.05, 3.63) is 71.0 Å². The Kier molecular flexibility index (Phi) is 3.74. The van der Waals surface area contributed by atoms with E-state index in [1.165, 1.54) is 6.07 Å². The van der Waals surface area contributed by atoms with Gasteiger partial charge in [-0.05, 0) is 30.5 Å². The zero-order chi connectivity index (χ0) is 13.0. The van der Waals surface area contributed by atoms with Gasteiger partial charge in [-0.2, -0.15) is 5.26 Å². The van der Waals surface area contributed by atoms with Crippen molar-refractivity contribution in [3.8, 4) is 6.07 Å². The fraction of sp³-hybridized carbons (Fsp3) is 0.188. The molecule has 0 N–H and O–H groups in total. The summed E-state index contributed by atoms with van der Waals surface area (Å²) >= 11 is 0. The quantitative estimate of drug-likeness (QED) is 0.794. The Balaban J connectivity index is 2.23. The average molecular weight is 239 g/mol. The highest BCUT2D eigenvalue weighted by Crippen LogP contribution is 2.22. The molecular formula is C16H14FN. The molecule has 0 spiro atoms. The van der Waals surface area contributed by atoms with Gasteiger partial charge in [0.25, 0.3) is 0 Å². The van der Waals surface area contributed by atoms with E-state index in [2.05, 4.69) is 6.07 Å². The molecule has 0 saturated carbocycles. The second kappa shape index (κ2) is 5.46. The zero-order valence-corrected chi connectivity index (χ0v) is 10.2. The molecule has 0 amide bonds. The van der Waals surface area contributed by atoms with E-state index in [0.717, 1.165) is 11.1 Å². The number of nitrogens with zero attached hydrogens (tertiary/aromatic N) is 1. The summed E-state index contributed by atoms with van der Waals surface area (Å²) in [6.07, 6.45) is 0.409. The Morgan fingerprint density at radius 3 is 2.39 bits per heavy atom. The van der Waals surface area contributed by atoms with Crippen molar-refractivity contribution in [2.45, 2.75) is 19.3 Å². The standard InChI is InChI=1S/C16H14FN/c1-12-6-8-13(9-7-12)15(11-18)10-14-4-2-3-5-16(14)17/h2-9,15H,10H2,1H3. The third-order valence-corrected chi connectivity index (χ3v) is 3.02. The van der Waals surface area contributed by atoms with Crippen LogP contribution in [0.2, 0.25) is 0 Å². The van der Waals surface area contributed by atoms with E-state index < -0.39 is 0 Å². The predicted octanol–water partition coefficient (Wildman–Crippen LogP) is 3.98. The SMILES string of the molecule is Cc1ccc(C(C#N)Cc2ccccc2F)cc1. The monoisotopic (exact) mass is 239 g/mol. The van der Waals surface area contributed by atoms with E-state index in [9.17, 15) is 9.65 Å². The summed E-state index contributed by atoms with van der Waals surface area (Å²) < 4.78 is 13.6. The molecule has 2 aromatic carbocycles. The van der Waals surface area contributed by atoms with Crippen molar-refractivity contribution in [1.82, 2.24) is 0 Å². The fourth-order valence-corrected chi connectivity index (χ4v) is 1.92. The molecule has 0 fully saturated rings. The van der Waals surface area contributed by atoms with Crippen LogP contribution in [0.3, 0.4) is 0 Å². The first-order valence-corrected chi connectivity index (χ1v) is 5.90. The van der Waals surface area contributed by atoms with E-state index in [1.807, 2.05) is 31.2 Å². The Morgan fingerprint density at radius 2 is 1.78 bits per heavy atom. The predicted molar refractivity (Wildman–Crippen MR) is 69.6 cm³/mol. The Labute approximate surface area is 107 Å². The number of hydrogen-bond donors (Lipinski definition) is 0. The topological polar surface area (TPSA) is 23.8 Å². The molecule has 0 aromatic heterocycles. The molecular weight excluding hydrogens is 225 g/mol. The molecule has 1 unspecified atom stereocenters. The van der Waals surface area contributed by atoms with Gasteiger partial charge in [0.2, 0.25) is 0 Å². The molecule has 0 aliphatic carbocycles. The van der Waals surface area contributed by atoms with Crippen LogP contribution in [0, 0.1) is 24.1 Å². The van der Waals surface area contributed by atoms with Gasteiger partial charge in [0, 0.05) is 0 Å². The van der Waals surface area contributed by atoms with Crippen molar-refractivity contribution >= 4 is 0 Å². The summed E-state index contributed by atoms with van der Waals surface area (Å²) in [7, 11) is 0. The van der Waals surface area contributed by atoms with Gasteiger partial charge in [0.05, 0.1) is 12.0 Å². The van der Waals surface area contributed by atoms with E-state index in [4.69, 9.17) is 0 Å². The van der Waals surface area contributed by atoms with E-state index in [-0.39, 0.29) is 11.7 Å². The Morgan fingerprint density at radius 1 is 1.11 bits per heavy atom. The lowest BCUT2D eigenvalue weighted by Crippen LogP contribution is -2.02. The van der Waals surface area contributed by atoms with Gasteiger partial charge in [0.15, 0.2) is 0 Å². The first kappa shape index (κ1) is 12.3. The summed E-state index contributed by atoms with van der Waals surface area (Å²) in [4.78, 5) is 0. The lowest BCUT2D eigenvalue weighted by molar-refractivity contribution is 0.604. The zero-order valence-electron chi connectivity index (χ0n) is 10.2. The smallest absolute Gasteiger partial charge is 0.126 e. The molecule has 0 saturated heterocycles. The van der Waals surface area contributed by atoms with Crippen LogP contribution in [0.1, 0.15) is 22.6 Å². The summed E-state index contributed by atoms with van der Waals surface area (Å²) in [5.41, 5.74) is 2.68. The van der Waals surface area contributed by atoms with Gasteiger partial charge < -0.3 is 0 Å². The van der Waals surface area contributed by atoms with E-state index in [0.29, 0.717) is 12.0 Å². The number of halogens is 1. The molecule has 2 heteroatoms. The Bertz CT molecular complexity index is 566. The third-order valence-electron chi connectivity index (χ3n) is 3.02. The van der Waals surface area contributed by atoms with Crippen LogP contribution in [0.25, 0.3) is 0 Å². The number of nitriles is 1. The number of benzene rings is 2. The molecule has 0 aliphatic rings. The van der Waals surface area contributed by atoms with Crippen LogP contribution in [0.4, 0.5) is 4.39 Å². The number of hydrogen-bond acceptors (Lipinski definition) is 1. The Hall–Kier alpha value is -2.14. The normalized spacial score (nSPS) is 11.8. The number of aryl methyl sites for hydroxylation is 1. The maximum atomic E-state index is 13.6. The largest absolute Gasteiger partial charge is 0.207 e. The number of rotatable bonds is 3. The van der Waals surface area contributed by atoms with Crippen LogP contribution in [0.5, 0.6) is 0 Å². The van der Waals surface area contributed by atoms with Gasteiger partial charge in [-0.15, -0.1) is 0 Å². The highest BCUT2D eigenvalue weighted by Gasteiger charge is 2.13. The molecule has 90 valence electrons. The van der Waals surface area contributed by atoms with Crippen LogP contribution in [-0.2, 0) is 6.42 Å². The summed E-state index contributed by atoms with van der Waals surface area (Å²) in [5, 5.41) is 9.23. The van der Waals surface area contributed by atoms with E-state index in [1.54, 1.807) is 18.2 Å². The molecule has 0 heterocycles.